The van der Waals surface area contributed by atoms with E-state index in [4.69, 9.17) is 4.74 Å². The van der Waals surface area contributed by atoms with E-state index in [0.29, 0.717) is 6.61 Å². The van der Waals surface area contributed by atoms with Crippen LogP contribution in [-0.2, 0) is 31.7 Å². The predicted octanol–water partition coefficient (Wildman–Crippen LogP) is 2.61. The lowest BCUT2D eigenvalue weighted by atomic mass is 9.96. The molecular formula is C18H17F2NO4S. The van der Waals surface area contributed by atoms with Crippen molar-refractivity contribution in [2.75, 3.05) is 6.61 Å². The number of nitrogens with one attached hydrogen (secondary N) is 1. The second-order valence-electron chi connectivity index (χ2n) is 6.00. The van der Waals surface area contributed by atoms with Crippen molar-refractivity contribution in [3.63, 3.8) is 0 Å². The molecular weight excluding hydrogens is 364 g/mol. The van der Waals surface area contributed by atoms with Gasteiger partial charge in [0.15, 0.2) is 0 Å². The molecule has 1 aliphatic heterocycles. The summed E-state index contributed by atoms with van der Waals surface area (Å²) in [5.41, 5.74) is 1.28. The molecule has 8 heteroatoms. The van der Waals surface area contributed by atoms with Gasteiger partial charge in [-0.25, -0.2) is 17.2 Å². The number of amides is 1. The first kappa shape index (κ1) is 18.5. The number of rotatable bonds is 5. The first-order valence-corrected chi connectivity index (χ1v) is 9.66. The van der Waals surface area contributed by atoms with Crippen molar-refractivity contribution in [3.05, 3.63) is 70.8 Å². The minimum atomic E-state index is -4.24. The summed E-state index contributed by atoms with van der Waals surface area (Å²) in [5.74, 6) is -3.71. The first-order chi connectivity index (χ1) is 12.4. The molecule has 1 amide bonds. The van der Waals surface area contributed by atoms with Crippen LogP contribution in [0.4, 0.5) is 8.78 Å². The molecule has 138 valence electrons. The van der Waals surface area contributed by atoms with E-state index < -0.39 is 45.0 Å². The van der Waals surface area contributed by atoms with Crippen LogP contribution in [0.15, 0.2) is 42.5 Å². The van der Waals surface area contributed by atoms with Crippen LogP contribution in [0.3, 0.4) is 0 Å². The van der Waals surface area contributed by atoms with Gasteiger partial charge >= 0.3 is 0 Å². The van der Waals surface area contributed by atoms with Gasteiger partial charge in [-0.05, 0) is 29.7 Å². The molecule has 0 aliphatic carbocycles. The van der Waals surface area contributed by atoms with Crippen LogP contribution in [-0.4, -0.2) is 20.9 Å². The lowest BCUT2D eigenvalue weighted by Crippen LogP contribution is -2.34. The summed E-state index contributed by atoms with van der Waals surface area (Å²) in [6.07, 6.45) is -0.0323. The minimum absolute atomic E-state index is 0.198. The van der Waals surface area contributed by atoms with E-state index in [9.17, 15) is 22.0 Å². The topological polar surface area (TPSA) is 72.5 Å². The van der Waals surface area contributed by atoms with Gasteiger partial charge < -0.3 is 4.74 Å². The van der Waals surface area contributed by atoms with Gasteiger partial charge in [0, 0.05) is 5.56 Å². The minimum Gasteiger partial charge on any atom is -0.373 e. The maximum absolute atomic E-state index is 13.6. The van der Waals surface area contributed by atoms with Crippen molar-refractivity contribution in [3.8, 4) is 0 Å². The molecule has 0 fully saturated rings. The van der Waals surface area contributed by atoms with Crippen LogP contribution < -0.4 is 4.72 Å². The molecule has 2 aromatic rings. The molecule has 0 bridgehead atoms. The molecule has 0 radical (unpaired) electrons. The standard InChI is InChI=1S/C18H17F2NO4S/c19-15-6-3-7-16(20)14(15)11-26(23,24)21-18(22)10-17-13-5-2-1-4-12(13)8-9-25-17/h1-7,17H,8-11H2,(H,21,22)/t17-/m0/s1. The van der Waals surface area contributed by atoms with Crippen LogP contribution in [0.25, 0.3) is 0 Å². The zero-order chi connectivity index (χ0) is 18.7. The van der Waals surface area contributed by atoms with E-state index in [2.05, 4.69) is 0 Å². The van der Waals surface area contributed by atoms with Crippen LogP contribution in [0, 0.1) is 11.6 Å². The lowest BCUT2D eigenvalue weighted by Gasteiger charge is -2.25. The lowest BCUT2D eigenvalue weighted by molar-refractivity contribution is -0.122. The summed E-state index contributed by atoms with van der Waals surface area (Å²) in [5, 5.41) is 0. The number of carbonyl (C=O) groups is 1. The van der Waals surface area contributed by atoms with Gasteiger partial charge in [0.2, 0.25) is 15.9 Å². The van der Waals surface area contributed by atoms with Crippen LogP contribution in [0.1, 0.15) is 29.2 Å². The van der Waals surface area contributed by atoms with E-state index in [1.807, 2.05) is 29.0 Å². The van der Waals surface area contributed by atoms with Crippen molar-refractivity contribution in [1.29, 1.82) is 0 Å². The van der Waals surface area contributed by atoms with Gasteiger partial charge in [0.05, 0.1) is 19.1 Å². The third kappa shape index (κ3) is 4.25. The molecule has 1 heterocycles. The van der Waals surface area contributed by atoms with Crippen molar-refractivity contribution in [2.45, 2.75) is 24.7 Å². The molecule has 26 heavy (non-hydrogen) atoms. The van der Waals surface area contributed by atoms with Gasteiger partial charge in [-0.15, -0.1) is 0 Å². The highest BCUT2D eigenvalue weighted by atomic mass is 32.2. The third-order valence-corrected chi connectivity index (χ3v) is 5.34. The normalized spacial score (nSPS) is 16.8. The molecule has 1 atom stereocenters. The number of sulfonamides is 1. The smallest absolute Gasteiger partial charge is 0.239 e. The molecule has 1 aliphatic rings. The number of hydrogen-bond donors (Lipinski definition) is 1. The fourth-order valence-electron chi connectivity index (χ4n) is 2.93. The Morgan fingerprint density at radius 2 is 1.81 bits per heavy atom. The molecule has 1 N–H and O–H groups in total. The SMILES string of the molecule is O=C(C[C@@H]1OCCc2ccccc21)NS(=O)(=O)Cc1c(F)cccc1F. The predicted molar refractivity (Wildman–Crippen MR) is 90.6 cm³/mol. The quantitative estimate of drug-likeness (QED) is 0.864. The van der Waals surface area contributed by atoms with E-state index >= 15 is 0 Å². The number of fused-ring (bicyclic) bond motifs is 1. The maximum Gasteiger partial charge on any atom is 0.239 e. The van der Waals surface area contributed by atoms with E-state index in [1.54, 1.807) is 0 Å². The van der Waals surface area contributed by atoms with Gasteiger partial charge in [0.1, 0.15) is 17.4 Å². The number of ether oxygens (including phenoxy) is 1. The largest absolute Gasteiger partial charge is 0.373 e. The third-order valence-electron chi connectivity index (χ3n) is 4.13. The fraction of sp³-hybridized carbons (Fsp3) is 0.278. The molecule has 0 saturated carbocycles. The molecule has 5 nitrogen and oxygen atoms in total. The van der Waals surface area contributed by atoms with Crippen LogP contribution in [0.2, 0.25) is 0 Å². The molecule has 2 aromatic carbocycles. The average Bonchev–Trinajstić information content (AvgIpc) is 2.58. The summed E-state index contributed by atoms with van der Waals surface area (Å²) in [6.45, 7) is 0.433. The molecule has 0 aromatic heterocycles. The van der Waals surface area contributed by atoms with Crippen LogP contribution >= 0.6 is 0 Å². The highest BCUT2D eigenvalue weighted by Gasteiger charge is 2.26. The Morgan fingerprint density at radius 3 is 2.54 bits per heavy atom. The van der Waals surface area contributed by atoms with Gasteiger partial charge in [-0.1, -0.05) is 30.3 Å². The second-order valence-corrected chi connectivity index (χ2v) is 7.72. The van der Waals surface area contributed by atoms with E-state index in [-0.39, 0.29) is 6.42 Å². The van der Waals surface area contributed by atoms with Gasteiger partial charge in [0.25, 0.3) is 0 Å². The van der Waals surface area contributed by atoms with E-state index in [0.717, 1.165) is 35.7 Å². The Bertz CT molecular complexity index is 910. The monoisotopic (exact) mass is 381 g/mol. The maximum atomic E-state index is 13.6. The molecule has 0 spiro atoms. The Kier molecular flexibility index (Phi) is 5.33. The number of carbonyl (C=O) groups excluding carboxylic acids is 1. The fourth-order valence-corrected chi connectivity index (χ4v) is 4.08. The molecule has 3 rings (SSSR count). The molecule has 0 unspecified atom stereocenters. The Balaban J connectivity index is 1.68. The number of hydrogen-bond acceptors (Lipinski definition) is 4. The first-order valence-electron chi connectivity index (χ1n) is 8.01. The second kappa shape index (κ2) is 7.51. The van der Waals surface area contributed by atoms with Crippen molar-refractivity contribution >= 4 is 15.9 Å². The number of benzene rings is 2. The van der Waals surface area contributed by atoms with E-state index in [1.165, 1.54) is 0 Å². The van der Waals surface area contributed by atoms with Crippen molar-refractivity contribution in [1.82, 2.24) is 4.72 Å². The Morgan fingerprint density at radius 1 is 1.12 bits per heavy atom. The van der Waals surface area contributed by atoms with Crippen molar-refractivity contribution in [2.24, 2.45) is 0 Å². The molecule has 0 saturated heterocycles. The van der Waals surface area contributed by atoms with Gasteiger partial charge in [-0.3, -0.25) is 9.52 Å². The average molecular weight is 381 g/mol. The summed E-state index contributed by atoms with van der Waals surface area (Å²) in [6, 6.07) is 10.5. The summed E-state index contributed by atoms with van der Waals surface area (Å²) >= 11 is 0. The summed E-state index contributed by atoms with van der Waals surface area (Å²) in [7, 11) is -4.24. The highest BCUT2D eigenvalue weighted by Crippen LogP contribution is 2.29. The Hall–Kier alpha value is -2.32. The zero-order valence-electron chi connectivity index (χ0n) is 13.7. The number of halogens is 2. The zero-order valence-corrected chi connectivity index (χ0v) is 14.6. The van der Waals surface area contributed by atoms with Crippen molar-refractivity contribution < 1.29 is 26.7 Å². The van der Waals surface area contributed by atoms with Crippen LogP contribution in [0.5, 0.6) is 0 Å². The Labute approximate surface area is 150 Å². The summed E-state index contributed by atoms with van der Waals surface area (Å²) in [4.78, 5) is 12.1. The van der Waals surface area contributed by atoms with Gasteiger partial charge in [-0.2, -0.15) is 0 Å². The highest BCUT2D eigenvalue weighted by molar-refractivity contribution is 7.89. The summed E-state index contributed by atoms with van der Waals surface area (Å²) < 4.78 is 58.9.